The predicted octanol–water partition coefficient (Wildman–Crippen LogP) is 1.36. The van der Waals surface area contributed by atoms with Gasteiger partial charge in [-0.25, -0.2) is 5.01 Å². The highest BCUT2D eigenvalue weighted by Crippen LogP contribution is 2.20. The van der Waals surface area contributed by atoms with E-state index in [1.165, 1.54) is 0 Å². The maximum atomic E-state index is 5.80. The Kier molecular flexibility index (Phi) is 2.11. The van der Waals surface area contributed by atoms with Crippen LogP contribution in [0, 0.1) is 0 Å². The molecule has 0 saturated heterocycles. The second-order valence-electron chi connectivity index (χ2n) is 3.09. The van der Waals surface area contributed by atoms with Crippen LogP contribution in [0.3, 0.4) is 0 Å². The third-order valence-corrected chi connectivity index (χ3v) is 2.22. The second kappa shape index (κ2) is 3.26. The number of hydrogen-bond donors (Lipinski definition) is 0. The van der Waals surface area contributed by atoms with E-state index in [9.17, 15) is 0 Å². The summed E-state index contributed by atoms with van der Waals surface area (Å²) >= 11 is 0. The highest BCUT2D eigenvalue weighted by Gasteiger charge is 2.18. The van der Waals surface area contributed by atoms with E-state index in [0.29, 0.717) is 0 Å². The van der Waals surface area contributed by atoms with Crippen molar-refractivity contribution >= 4 is 13.5 Å². The number of para-hydroxylation sites is 1. The molecule has 0 bridgehead atoms. The smallest absolute Gasteiger partial charge is 0.0994 e. The van der Waals surface area contributed by atoms with E-state index >= 15 is 0 Å². The van der Waals surface area contributed by atoms with Gasteiger partial charge < -0.3 is 0 Å². The summed E-state index contributed by atoms with van der Waals surface area (Å²) in [5.41, 5.74) is 1.13. The standard InChI is InChI=1S/C10H11BN2/c1-12-10(11)7-8-13(12)9-5-3-2-4-6-9/h2-8,10H,1H3. The third-order valence-electron chi connectivity index (χ3n) is 2.22. The van der Waals surface area contributed by atoms with Crippen LogP contribution in [0.25, 0.3) is 0 Å². The van der Waals surface area contributed by atoms with Gasteiger partial charge >= 0.3 is 0 Å². The molecule has 0 fully saturated rings. The van der Waals surface area contributed by atoms with Gasteiger partial charge in [-0.3, -0.25) is 5.01 Å². The van der Waals surface area contributed by atoms with E-state index in [1.807, 2.05) is 47.5 Å². The van der Waals surface area contributed by atoms with Gasteiger partial charge in [-0.2, -0.15) is 0 Å². The van der Waals surface area contributed by atoms with Crippen LogP contribution >= 0.6 is 0 Å². The zero-order valence-corrected chi connectivity index (χ0v) is 7.59. The van der Waals surface area contributed by atoms with Crippen molar-refractivity contribution in [2.45, 2.75) is 5.94 Å². The Morgan fingerprint density at radius 2 is 1.92 bits per heavy atom. The molecule has 1 atom stereocenters. The van der Waals surface area contributed by atoms with Gasteiger partial charge in [0.25, 0.3) is 0 Å². The molecule has 1 aromatic rings. The molecule has 0 aliphatic carbocycles. The van der Waals surface area contributed by atoms with E-state index in [-0.39, 0.29) is 5.94 Å². The minimum Gasteiger partial charge on any atom is -0.282 e. The predicted molar refractivity (Wildman–Crippen MR) is 55.4 cm³/mol. The summed E-state index contributed by atoms with van der Waals surface area (Å²) in [7, 11) is 7.77. The fraction of sp³-hybridized carbons (Fsp3) is 0.200. The average molecular weight is 170 g/mol. The zero-order chi connectivity index (χ0) is 9.26. The van der Waals surface area contributed by atoms with Crippen LogP contribution in [-0.4, -0.2) is 25.8 Å². The lowest BCUT2D eigenvalue weighted by Crippen LogP contribution is -2.37. The van der Waals surface area contributed by atoms with Crippen molar-refractivity contribution in [3.63, 3.8) is 0 Å². The van der Waals surface area contributed by atoms with Crippen LogP contribution in [-0.2, 0) is 0 Å². The molecule has 64 valence electrons. The first kappa shape index (κ1) is 8.39. The van der Waals surface area contributed by atoms with Crippen molar-refractivity contribution < 1.29 is 0 Å². The molecule has 3 heteroatoms. The van der Waals surface area contributed by atoms with Gasteiger partial charge in [0.2, 0.25) is 0 Å². The minimum absolute atomic E-state index is 0.0137. The van der Waals surface area contributed by atoms with E-state index < -0.39 is 0 Å². The molecule has 1 heterocycles. The maximum absolute atomic E-state index is 5.80. The Balaban J connectivity index is 2.24. The van der Waals surface area contributed by atoms with Crippen LogP contribution in [0.15, 0.2) is 42.6 Å². The van der Waals surface area contributed by atoms with Gasteiger partial charge in [-0.1, -0.05) is 24.3 Å². The number of nitrogens with zero attached hydrogens (tertiary/aromatic N) is 2. The molecule has 0 N–H and O–H groups in total. The summed E-state index contributed by atoms with van der Waals surface area (Å²) in [6.45, 7) is 0. The first-order valence-electron chi connectivity index (χ1n) is 4.30. The average Bonchev–Trinajstić information content (AvgIpc) is 2.49. The van der Waals surface area contributed by atoms with Crippen LogP contribution in [0.1, 0.15) is 0 Å². The highest BCUT2D eigenvalue weighted by molar-refractivity contribution is 6.13. The first-order valence-corrected chi connectivity index (χ1v) is 4.30. The summed E-state index contributed by atoms with van der Waals surface area (Å²) in [6, 6.07) is 10.1. The lowest BCUT2D eigenvalue weighted by molar-refractivity contribution is 0.368. The van der Waals surface area contributed by atoms with E-state index in [4.69, 9.17) is 7.85 Å². The van der Waals surface area contributed by atoms with Crippen molar-refractivity contribution in [1.82, 2.24) is 5.01 Å². The molecule has 2 radical (unpaired) electrons. The summed E-state index contributed by atoms with van der Waals surface area (Å²) in [5.74, 6) is -0.0137. The number of likely N-dealkylation sites (N-methyl/N-ethyl adjacent to an activating group) is 1. The molecule has 2 rings (SSSR count). The molecule has 0 spiro atoms. The topological polar surface area (TPSA) is 6.48 Å². The monoisotopic (exact) mass is 170 g/mol. The van der Waals surface area contributed by atoms with Crippen molar-refractivity contribution in [1.29, 1.82) is 0 Å². The molecule has 0 saturated carbocycles. The molecule has 1 aliphatic heterocycles. The molecule has 0 amide bonds. The van der Waals surface area contributed by atoms with Gasteiger partial charge in [0.05, 0.1) is 13.5 Å². The van der Waals surface area contributed by atoms with Crippen molar-refractivity contribution in [3.05, 3.63) is 42.6 Å². The summed E-state index contributed by atoms with van der Waals surface area (Å²) in [5, 5.41) is 4.01. The molecular weight excluding hydrogens is 159 g/mol. The van der Waals surface area contributed by atoms with Gasteiger partial charge in [-0.05, 0) is 12.1 Å². The summed E-state index contributed by atoms with van der Waals surface area (Å²) in [6.07, 6.45) is 3.95. The highest BCUT2D eigenvalue weighted by atomic mass is 15.6. The molecule has 1 unspecified atom stereocenters. The Bertz CT molecular complexity index is 310. The van der Waals surface area contributed by atoms with Crippen molar-refractivity contribution in [2.75, 3.05) is 12.1 Å². The minimum atomic E-state index is -0.0137. The normalized spacial score (nSPS) is 22.5. The van der Waals surface area contributed by atoms with Crippen LogP contribution < -0.4 is 5.01 Å². The Hall–Kier alpha value is -1.22. The number of rotatable bonds is 1. The lowest BCUT2D eigenvalue weighted by atomic mass is 9.97. The molecule has 1 aromatic carbocycles. The van der Waals surface area contributed by atoms with Crippen LogP contribution in [0.2, 0.25) is 0 Å². The van der Waals surface area contributed by atoms with E-state index in [1.54, 1.807) is 0 Å². The number of hydrogen-bond acceptors (Lipinski definition) is 2. The summed E-state index contributed by atoms with van der Waals surface area (Å²) < 4.78 is 0. The fourth-order valence-electron chi connectivity index (χ4n) is 1.39. The number of benzene rings is 1. The van der Waals surface area contributed by atoms with Gasteiger partial charge in [-0.15, -0.1) is 0 Å². The number of hydrazine groups is 1. The van der Waals surface area contributed by atoms with E-state index in [2.05, 4.69) is 12.1 Å². The third kappa shape index (κ3) is 1.47. The quantitative estimate of drug-likeness (QED) is 0.587. The van der Waals surface area contributed by atoms with Crippen LogP contribution in [0.5, 0.6) is 0 Å². The van der Waals surface area contributed by atoms with Crippen molar-refractivity contribution in [2.24, 2.45) is 0 Å². The fourth-order valence-corrected chi connectivity index (χ4v) is 1.39. The molecule has 13 heavy (non-hydrogen) atoms. The Labute approximate surface area is 79.8 Å². The van der Waals surface area contributed by atoms with Gasteiger partial charge in [0.1, 0.15) is 0 Å². The van der Waals surface area contributed by atoms with E-state index in [0.717, 1.165) is 5.69 Å². The molecule has 2 nitrogen and oxygen atoms in total. The Morgan fingerprint density at radius 1 is 1.23 bits per heavy atom. The Morgan fingerprint density at radius 3 is 2.46 bits per heavy atom. The zero-order valence-electron chi connectivity index (χ0n) is 7.59. The van der Waals surface area contributed by atoms with Gasteiger partial charge in [0.15, 0.2) is 0 Å². The molecule has 1 aliphatic rings. The lowest BCUT2D eigenvalue weighted by Gasteiger charge is -2.28. The van der Waals surface area contributed by atoms with Crippen LogP contribution in [0.4, 0.5) is 5.69 Å². The van der Waals surface area contributed by atoms with Crippen molar-refractivity contribution in [3.8, 4) is 0 Å². The van der Waals surface area contributed by atoms with Gasteiger partial charge in [0, 0.05) is 19.2 Å². The second-order valence-corrected chi connectivity index (χ2v) is 3.09. The summed E-state index contributed by atoms with van der Waals surface area (Å²) in [4.78, 5) is 0. The molecule has 0 aromatic heterocycles. The number of anilines is 1. The maximum Gasteiger partial charge on any atom is 0.0994 e. The molecular formula is C10H11BN2. The largest absolute Gasteiger partial charge is 0.282 e. The SMILES string of the molecule is [B]C1C=CN(c2ccccc2)N1C. The first-order chi connectivity index (χ1) is 6.29.